The molecular formula is C21H24FN5O. The van der Waals surface area contributed by atoms with E-state index in [1.165, 1.54) is 27.8 Å². The summed E-state index contributed by atoms with van der Waals surface area (Å²) in [5.41, 5.74) is 14.8. The summed E-state index contributed by atoms with van der Waals surface area (Å²) < 4.78 is 14.5. The number of nitrogens with zero attached hydrogens (tertiary/aromatic N) is 2. The third-order valence-electron chi connectivity index (χ3n) is 6.02. The van der Waals surface area contributed by atoms with E-state index < -0.39 is 5.82 Å². The van der Waals surface area contributed by atoms with Gasteiger partial charge in [-0.05, 0) is 42.3 Å². The number of aryl methyl sites for hydroxylation is 1. The zero-order chi connectivity index (χ0) is 19.4. The summed E-state index contributed by atoms with van der Waals surface area (Å²) in [6, 6.07) is 11.3. The van der Waals surface area contributed by atoms with Crippen LogP contribution in [0.4, 0.5) is 10.1 Å². The molecule has 1 amide bonds. The number of benzene rings is 2. The molecule has 2 aromatic carbocycles. The van der Waals surface area contributed by atoms with Gasteiger partial charge in [0.25, 0.3) is 0 Å². The molecule has 2 saturated heterocycles. The molecule has 0 bridgehead atoms. The first-order valence-corrected chi connectivity index (χ1v) is 9.67. The average molecular weight is 381 g/mol. The van der Waals surface area contributed by atoms with E-state index in [0.29, 0.717) is 12.1 Å². The quantitative estimate of drug-likeness (QED) is 0.742. The second-order valence-electron chi connectivity index (χ2n) is 8.07. The topological polar surface area (TPSA) is 59.6 Å². The largest absolute Gasteiger partial charge is 0.298 e. The molecule has 3 heterocycles. The Morgan fingerprint density at radius 2 is 1.93 bits per heavy atom. The van der Waals surface area contributed by atoms with Gasteiger partial charge in [-0.3, -0.25) is 15.1 Å². The normalized spacial score (nSPS) is 27.2. The zero-order valence-corrected chi connectivity index (χ0v) is 16.0. The Bertz CT molecular complexity index is 928. The van der Waals surface area contributed by atoms with E-state index in [1.807, 2.05) is 13.0 Å². The van der Waals surface area contributed by atoms with Gasteiger partial charge < -0.3 is 0 Å². The summed E-state index contributed by atoms with van der Waals surface area (Å²) in [5.74, 6) is -0.532. The van der Waals surface area contributed by atoms with E-state index in [2.05, 4.69) is 46.4 Å². The summed E-state index contributed by atoms with van der Waals surface area (Å²) >= 11 is 0. The van der Waals surface area contributed by atoms with Gasteiger partial charge in [-0.15, -0.1) is 0 Å². The van der Waals surface area contributed by atoms with E-state index in [1.54, 1.807) is 6.07 Å². The first kappa shape index (κ1) is 17.8. The lowest BCUT2D eigenvalue weighted by atomic mass is 9.92. The highest BCUT2D eigenvalue weighted by Crippen LogP contribution is 2.33. The number of hydrogen-bond acceptors (Lipinski definition) is 5. The molecule has 0 saturated carbocycles. The van der Waals surface area contributed by atoms with E-state index >= 15 is 0 Å². The van der Waals surface area contributed by atoms with Crippen LogP contribution in [0.25, 0.3) is 0 Å². The predicted molar refractivity (Wildman–Crippen MR) is 105 cm³/mol. The van der Waals surface area contributed by atoms with Crippen molar-refractivity contribution < 1.29 is 9.18 Å². The van der Waals surface area contributed by atoms with Crippen molar-refractivity contribution in [2.45, 2.75) is 44.6 Å². The highest BCUT2D eigenvalue weighted by atomic mass is 19.1. The zero-order valence-electron chi connectivity index (χ0n) is 16.0. The Labute approximate surface area is 163 Å². The van der Waals surface area contributed by atoms with Gasteiger partial charge in [0.2, 0.25) is 5.91 Å². The molecule has 7 heteroatoms. The minimum atomic E-state index is -0.393. The Morgan fingerprint density at radius 1 is 1.11 bits per heavy atom. The highest BCUT2D eigenvalue weighted by molar-refractivity contribution is 5.94. The summed E-state index contributed by atoms with van der Waals surface area (Å²) in [5, 5.41) is 1.40. The molecule has 0 aromatic heterocycles. The second kappa shape index (κ2) is 6.63. The van der Waals surface area contributed by atoms with Crippen molar-refractivity contribution in [2.75, 3.05) is 12.1 Å². The highest BCUT2D eigenvalue weighted by Gasteiger charge is 2.44. The molecule has 2 aromatic rings. The fourth-order valence-electron chi connectivity index (χ4n) is 4.62. The van der Waals surface area contributed by atoms with E-state index in [4.69, 9.17) is 0 Å². The molecule has 3 atom stereocenters. The van der Waals surface area contributed by atoms with Crippen molar-refractivity contribution >= 4 is 11.6 Å². The number of halogens is 1. The van der Waals surface area contributed by atoms with Crippen molar-refractivity contribution in [1.82, 2.24) is 21.2 Å². The first-order chi connectivity index (χ1) is 13.5. The smallest absolute Gasteiger partial charge is 0.243 e. The van der Waals surface area contributed by atoms with Crippen molar-refractivity contribution in [1.29, 1.82) is 0 Å². The number of hydrogen-bond donors (Lipinski definition) is 3. The van der Waals surface area contributed by atoms with Crippen LogP contribution in [0.2, 0.25) is 0 Å². The van der Waals surface area contributed by atoms with Crippen LogP contribution in [0.1, 0.15) is 34.7 Å². The van der Waals surface area contributed by atoms with Gasteiger partial charge in [0.15, 0.2) is 0 Å². The van der Waals surface area contributed by atoms with Crippen LogP contribution in [0, 0.1) is 12.7 Å². The number of carbonyl (C=O) groups excluding carboxylic acids is 1. The molecule has 3 aliphatic rings. The molecule has 3 aliphatic heterocycles. The standard InChI is InChI=1S/C21H24FN5O/c1-12-4-3-5-16(22)21(12)27-18(28)9-17-20(25-27)19(24-23-17)13-6-7-14-10-26(2)11-15(14)8-13/h3-8,17,19-20,23-25H,9-11H2,1-2H3. The van der Waals surface area contributed by atoms with Crippen LogP contribution in [0.5, 0.6) is 0 Å². The van der Waals surface area contributed by atoms with Crippen molar-refractivity contribution in [3.8, 4) is 0 Å². The Kier molecular flexibility index (Phi) is 4.21. The molecule has 28 heavy (non-hydrogen) atoms. The minimum absolute atomic E-state index is 0.0103. The molecule has 2 fully saturated rings. The fourth-order valence-corrected chi connectivity index (χ4v) is 4.62. The lowest BCUT2D eigenvalue weighted by Crippen LogP contribution is -2.60. The van der Waals surface area contributed by atoms with Gasteiger partial charge in [0, 0.05) is 25.6 Å². The van der Waals surface area contributed by atoms with Gasteiger partial charge in [0.05, 0.1) is 17.8 Å². The number of rotatable bonds is 2. The molecule has 146 valence electrons. The van der Waals surface area contributed by atoms with Gasteiger partial charge in [0.1, 0.15) is 5.82 Å². The van der Waals surface area contributed by atoms with Gasteiger partial charge >= 0.3 is 0 Å². The molecule has 3 N–H and O–H groups in total. The monoisotopic (exact) mass is 381 g/mol. The molecule has 0 spiro atoms. The number of carbonyl (C=O) groups is 1. The van der Waals surface area contributed by atoms with Crippen LogP contribution in [0.15, 0.2) is 36.4 Å². The van der Waals surface area contributed by atoms with Gasteiger partial charge in [-0.1, -0.05) is 30.3 Å². The van der Waals surface area contributed by atoms with Crippen LogP contribution in [-0.2, 0) is 17.9 Å². The Morgan fingerprint density at radius 3 is 2.75 bits per heavy atom. The maximum atomic E-state index is 14.5. The van der Waals surface area contributed by atoms with E-state index in [9.17, 15) is 9.18 Å². The summed E-state index contributed by atoms with van der Waals surface area (Å²) in [6.07, 6.45) is 0.308. The number of fused-ring (bicyclic) bond motifs is 2. The summed E-state index contributed by atoms with van der Waals surface area (Å²) in [7, 11) is 2.12. The molecule has 0 radical (unpaired) electrons. The first-order valence-electron chi connectivity index (χ1n) is 9.67. The Hall–Kier alpha value is -2.32. The maximum absolute atomic E-state index is 14.5. The number of anilines is 1. The lowest BCUT2D eigenvalue weighted by molar-refractivity contribution is -0.121. The summed E-state index contributed by atoms with van der Waals surface area (Å²) in [6.45, 7) is 3.74. The van der Waals surface area contributed by atoms with Crippen LogP contribution in [0.3, 0.4) is 0 Å². The van der Waals surface area contributed by atoms with Crippen LogP contribution < -0.4 is 21.3 Å². The molecule has 0 aliphatic carbocycles. The van der Waals surface area contributed by atoms with E-state index in [-0.39, 0.29) is 24.0 Å². The third kappa shape index (κ3) is 2.82. The van der Waals surface area contributed by atoms with Crippen LogP contribution >= 0.6 is 0 Å². The number of nitrogens with one attached hydrogen (secondary N) is 3. The third-order valence-corrected chi connectivity index (χ3v) is 6.02. The Balaban J connectivity index is 1.45. The van der Waals surface area contributed by atoms with Crippen molar-refractivity contribution in [2.24, 2.45) is 0 Å². The predicted octanol–water partition coefficient (Wildman–Crippen LogP) is 1.91. The second-order valence-corrected chi connectivity index (χ2v) is 8.07. The lowest BCUT2D eigenvalue weighted by Gasteiger charge is -2.37. The van der Waals surface area contributed by atoms with Crippen LogP contribution in [-0.4, -0.2) is 29.9 Å². The van der Waals surface area contributed by atoms with E-state index in [0.717, 1.165) is 18.7 Å². The number of hydrazine groups is 2. The molecule has 5 rings (SSSR count). The molecular weight excluding hydrogens is 357 g/mol. The maximum Gasteiger partial charge on any atom is 0.243 e. The fraction of sp³-hybridized carbons (Fsp3) is 0.381. The average Bonchev–Trinajstić information content (AvgIpc) is 3.23. The van der Waals surface area contributed by atoms with Crippen molar-refractivity contribution in [3.05, 3.63) is 64.5 Å². The van der Waals surface area contributed by atoms with Gasteiger partial charge in [-0.2, -0.15) is 0 Å². The number of para-hydroxylation sites is 1. The molecule has 6 nitrogen and oxygen atoms in total. The number of amides is 1. The minimum Gasteiger partial charge on any atom is -0.298 e. The van der Waals surface area contributed by atoms with Gasteiger partial charge in [-0.25, -0.2) is 20.3 Å². The SMILES string of the molecule is Cc1cccc(F)c1N1NC2C(CC1=O)NNC2c1ccc2c(c1)CN(C)C2. The summed E-state index contributed by atoms with van der Waals surface area (Å²) in [4.78, 5) is 15.0. The van der Waals surface area contributed by atoms with Crippen molar-refractivity contribution in [3.63, 3.8) is 0 Å². The molecule has 3 unspecified atom stereocenters.